The van der Waals surface area contributed by atoms with Gasteiger partial charge in [0.15, 0.2) is 0 Å². The Bertz CT molecular complexity index is 231. The van der Waals surface area contributed by atoms with Crippen LogP contribution < -0.4 is 0 Å². The number of hydrogen-bond acceptors (Lipinski definition) is 4. The zero-order valence-corrected chi connectivity index (χ0v) is 11.3. The van der Waals surface area contributed by atoms with Crippen LogP contribution in [0.25, 0.3) is 0 Å². The van der Waals surface area contributed by atoms with E-state index < -0.39 is 0 Å². The molecule has 1 aliphatic rings. The average Bonchev–Trinajstić information content (AvgIpc) is 2.28. The van der Waals surface area contributed by atoms with Crippen molar-refractivity contribution >= 4 is 5.97 Å². The Labute approximate surface area is 104 Å². The second-order valence-electron chi connectivity index (χ2n) is 4.67. The molecule has 0 aromatic carbocycles. The molecular formula is C13H25NO3. The van der Waals surface area contributed by atoms with Gasteiger partial charge in [-0.05, 0) is 26.7 Å². The molecule has 100 valence electrons. The molecule has 1 saturated heterocycles. The number of unbranched alkanes of at least 4 members (excludes halogenated alkanes) is 1. The number of carbonyl (C=O) groups is 1. The van der Waals surface area contributed by atoms with Gasteiger partial charge in [-0.25, -0.2) is 0 Å². The normalized spacial score (nSPS) is 25.8. The first-order valence-electron chi connectivity index (χ1n) is 6.68. The molecule has 0 unspecified atom stereocenters. The van der Waals surface area contributed by atoms with E-state index in [0.29, 0.717) is 19.8 Å². The number of esters is 1. The Hall–Kier alpha value is -0.610. The molecule has 2 atom stereocenters. The summed E-state index contributed by atoms with van der Waals surface area (Å²) >= 11 is 0. The first-order valence-corrected chi connectivity index (χ1v) is 6.68. The van der Waals surface area contributed by atoms with Crippen LogP contribution in [0.3, 0.4) is 0 Å². The van der Waals surface area contributed by atoms with E-state index in [2.05, 4.69) is 18.7 Å². The molecule has 0 bridgehead atoms. The fraction of sp³-hybridized carbons (Fsp3) is 0.923. The van der Waals surface area contributed by atoms with Crippen molar-refractivity contribution in [2.24, 2.45) is 0 Å². The number of nitrogens with zero attached hydrogens (tertiary/aromatic N) is 1. The van der Waals surface area contributed by atoms with Crippen molar-refractivity contribution < 1.29 is 14.3 Å². The maximum atomic E-state index is 11.5. The monoisotopic (exact) mass is 243 g/mol. The van der Waals surface area contributed by atoms with Crippen LogP contribution in [-0.4, -0.2) is 42.9 Å². The van der Waals surface area contributed by atoms with Crippen LogP contribution in [0.4, 0.5) is 0 Å². The van der Waals surface area contributed by atoms with Gasteiger partial charge in [0, 0.05) is 12.6 Å². The van der Waals surface area contributed by atoms with E-state index in [1.807, 2.05) is 6.92 Å². The van der Waals surface area contributed by atoms with Crippen LogP contribution in [-0.2, 0) is 14.3 Å². The zero-order chi connectivity index (χ0) is 12.7. The summed E-state index contributed by atoms with van der Waals surface area (Å²) in [6.45, 7) is 8.20. The number of hydrogen-bond donors (Lipinski definition) is 0. The zero-order valence-electron chi connectivity index (χ0n) is 11.3. The third-order valence-corrected chi connectivity index (χ3v) is 3.15. The minimum atomic E-state index is -0.0897. The minimum Gasteiger partial charge on any atom is -0.466 e. The van der Waals surface area contributed by atoms with Crippen molar-refractivity contribution in [3.8, 4) is 0 Å². The van der Waals surface area contributed by atoms with Crippen molar-refractivity contribution in [1.29, 1.82) is 0 Å². The van der Waals surface area contributed by atoms with Gasteiger partial charge in [-0.2, -0.15) is 0 Å². The minimum absolute atomic E-state index is 0.0897. The molecule has 0 spiro atoms. The van der Waals surface area contributed by atoms with Crippen LogP contribution in [0.1, 0.15) is 46.5 Å². The van der Waals surface area contributed by atoms with E-state index >= 15 is 0 Å². The second-order valence-corrected chi connectivity index (χ2v) is 4.67. The molecule has 1 heterocycles. The lowest BCUT2D eigenvalue weighted by atomic mass is 10.0. The SMILES string of the molecule is CCCCN1CO[C@@H](C)C[C@H]1CC(=O)OCC. The van der Waals surface area contributed by atoms with Gasteiger partial charge in [-0.3, -0.25) is 9.69 Å². The third kappa shape index (κ3) is 5.04. The molecular weight excluding hydrogens is 218 g/mol. The average molecular weight is 243 g/mol. The molecule has 0 aromatic rings. The Morgan fingerprint density at radius 3 is 2.88 bits per heavy atom. The van der Waals surface area contributed by atoms with Crippen molar-refractivity contribution in [2.75, 3.05) is 19.9 Å². The first-order chi connectivity index (χ1) is 8.17. The highest BCUT2D eigenvalue weighted by Gasteiger charge is 2.28. The largest absolute Gasteiger partial charge is 0.466 e. The van der Waals surface area contributed by atoms with Gasteiger partial charge in [0.25, 0.3) is 0 Å². The highest BCUT2D eigenvalue weighted by atomic mass is 16.5. The van der Waals surface area contributed by atoms with E-state index in [1.165, 1.54) is 0 Å². The lowest BCUT2D eigenvalue weighted by molar-refractivity contribution is -0.148. The highest BCUT2D eigenvalue weighted by molar-refractivity contribution is 5.70. The topological polar surface area (TPSA) is 38.8 Å². The molecule has 0 saturated carbocycles. The fourth-order valence-electron chi connectivity index (χ4n) is 2.16. The number of rotatable bonds is 6. The van der Waals surface area contributed by atoms with Crippen molar-refractivity contribution in [1.82, 2.24) is 4.90 Å². The standard InChI is InChI=1S/C13H25NO3/c1-4-6-7-14-10-17-11(3)8-12(14)9-13(15)16-5-2/h11-12H,4-10H2,1-3H3/t11-,12-/m0/s1. The molecule has 0 amide bonds. The Morgan fingerprint density at radius 2 is 2.24 bits per heavy atom. The molecule has 4 nitrogen and oxygen atoms in total. The lowest BCUT2D eigenvalue weighted by Crippen LogP contribution is -2.46. The molecule has 1 aliphatic heterocycles. The van der Waals surface area contributed by atoms with Crippen LogP contribution >= 0.6 is 0 Å². The van der Waals surface area contributed by atoms with Gasteiger partial charge in [0.1, 0.15) is 0 Å². The van der Waals surface area contributed by atoms with Gasteiger partial charge in [-0.1, -0.05) is 13.3 Å². The summed E-state index contributed by atoms with van der Waals surface area (Å²) in [6, 6.07) is 0.282. The van der Waals surface area contributed by atoms with Crippen LogP contribution in [0.5, 0.6) is 0 Å². The van der Waals surface area contributed by atoms with E-state index in [-0.39, 0.29) is 18.1 Å². The van der Waals surface area contributed by atoms with E-state index in [9.17, 15) is 4.79 Å². The molecule has 1 rings (SSSR count). The second kappa shape index (κ2) is 7.67. The quantitative estimate of drug-likeness (QED) is 0.670. The predicted octanol–water partition coefficient (Wildman–Crippen LogP) is 2.18. The molecule has 0 aromatic heterocycles. The smallest absolute Gasteiger partial charge is 0.307 e. The van der Waals surface area contributed by atoms with Gasteiger partial charge in [-0.15, -0.1) is 0 Å². The lowest BCUT2D eigenvalue weighted by Gasteiger charge is -2.38. The van der Waals surface area contributed by atoms with Gasteiger partial charge >= 0.3 is 5.97 Å². The summed E-state index contributed by atoms with van der Waals surface area (Å²) in [4.78, 5) is 13.8. The van der Waals surface area contributed by atoms with Gasteiger partial charge in [0.05, 0.1) is 25.9 Å². The summed E-state index contributed by atoms with van der Waals surface area (Å²) in [5.41, 5.74) is 0. The molecule has 1 fully saturated rings. The predicted molar refractivity (Wildman–Crippen MR) is 66.7 cm³/mol. The summed E-state index contributed by atoms with van der Waals surface area (Å²) in [5, 5.41) is 0. The van der Waals surface area contributed by atoms with E-state index in [1.54, 1.807) is 0 Å². The van der Waals surface area contributed by atoms with Crippen molar-refractivity contribution in [3.05, 3.63) is 0 Å². The summed E-state index contributed by atoms with van der Waals surface area (Å²) in [7, 11) is 0. The summed E-state index contributed by atoms with van der Waals surface area (Å²) in [5.74, 6) is -0.0897. The molecule has 0 aliphatic carbocycles. The van der Waals surface area contributed by atoms with Gasteiger partial charge < -0.3 is 9.47 Å². The molecule has 4 heteroatoms. The van der Waals surface area contributed by atoms with Crippen LogP contribution in [0, 0.1) is 0 Å². The van der Waals surface area contributed by atoms with E-state index in [0.717, 1.165) is 25.8 Å². The Balaban J connectivity index is 2.45. The summed E-state index contributed by atoms with van der Waals surface area (Å²) in [6.07, 6.45) is 3.97. The van der Waals surface area contributed by atoms with Crippen molar-refractivity contribution in [3.63, 3.8) is 0 Å². The molecule has 0 radical (unpaired) electrons. The fourth-order valence-corrected chi connectivity index (χ4v) is 2.16. The van der Waals surface area contributed by atoms with Crippen LogP contribution in [0.2, 0.25) is 0 Å². The van der Waals surface area contributed by atoms with Crippen LogP contribution in [0.15, 0.2) is 0 Å². The molecule has 17 heavy (non-hydrogen) atoms. The summed E-state index contributed by atoms with van der Waals surface area (Å²) < 4.78 is 10.7. The maximum Gasteiger partial charge on any atom is 0.307 e. The number of carbonyl (C=O) groups excluding carboxylic acids is 1. The highest BCUT2D eigenvalue weighted by Crippen LogP contribution is 2.20. The molecule has 0 N–H and O–H groups in total. The first kappa shape index (κ1) is 14.5. The van der Waals surface area contributed by atoms with E-state index in [4.69, 9.17) is 9.47 Å². The van der Waals surface area contributed by atoms with Crippen molar-refractivity contribution in [2.45, 2.75) is 58.6 Å². The Morgan fingerprint density at radius 1 is 1.47 bits per heavy atom. The van der Waals surface area contributed by atoms with Gasteiger partial charge in [0.2, 0.25) is 0 Å². The maximum absolute atomic E-state index is 11.5. The number of ether oxygens (including phenoxy) is 2. The Kier molecular flexibility index (Phi) is 6.52. The third-order valence-electron chi connectivity index (χ3n) is 3.15.